The topological polar surface area (TPSA) is 43.8 Å². The minimum atomic E-state index is -0.372. The predicted molar refractivity (Wildman–Crippen MR) is 61.7 cm³/mol. The molecule has 0 radical (unpaired) electrons. The van der Waals surface area contributed by atoms with E-state index in [2.05, 4.69) is 23.1 Å². The molecule has 2 aliphatic rings. The molecule has 2 rings (SSSR count). The number of allylic oxidation sites excluding steroid dienone is 3. The first-order chi connectivity index (χ1) is 7.81. The molecule has 1 aliphatic heterocycles. The molecule has 1 heterocycles. The van der Waals surface area contributed by atoms with Crippen molar-refractivity contribution >= 4 is 5.91 Å². The minimum absolute atomic E-state index is 0.159. The number of hydrogen-bond donors (Lipinski definition) is 1. The standard InChI is InChI=1S/C12H18N2O2/c15-10-12(16)14-8-6-13(7-9-14)11-4-2-1-3-5-11/h2,4-5,15H,1,3,6-10H2. The summed E-state index contributed by atoms with van der Waals surface area (Å²) in [5.74, 6) is -0.159. The van der Waals surface area contributed by atoms with Crippen LogP contribution in [0.15, 0.2) is 23.9 Å². The fraction of sp³-hybridized carbons (Fsp3) is 0.583. The maximum atomic E-state index is 11.3. The number of rotatable bonds is 2. The van der Waals surface area contributed by atoms with Crippen molar-refractivity contribution in [3.8, 4) is 0 Å². The third-order valence-corrected chi connectivity index (χ3v) is 3.11. The van der Waals surface area contributed by atoms with E-state index in [0.29, 0.717) is 13.1 Å². The second kappa shape index (κ2) is 5.16. The summed E-state index contributed by atoms with van der Waals surface area (Å²) in [4.78, 5) is 15.3. The summed E-state index contributed by atoms with van der Waals surface area (Å²) in [6, 6.07) is 0. The average Bonchev–Trinajstić information content (AvgIpc) is 2.39. The summed E-state index contributed by atoms with van der Waals surface area (Å²) in [6.07, 6.45) is 8.85. The molecule has 1 aliphatic carbocycles. The maximum absolute atomic E-state index is 11.3. The summed E-state index contributed by atoms with van der Waals surface area (Å²) in [6.45, 7) is 2.78. The van der Waals surface area contributed by atoms with Crippen LogP contribution in [0.1, 0.15) is 12.8 Å². The van der Waals surface area contributed by atoms with Crippen LogP contribution in [0.5, 0.6) is 0 Å². The van der Waals surface area contributed by atoms with Crippen LogP contribution in [0.4, 0.5) is 0 Å². The minimum Gasteiger partial charge on any atom is -0.387 e. The van der Waals surface area contributed by atoms with Crippen LogP contribution in [0, 0.1) is 0 Å². The van der Waals surface area contributed by atoms with Gasteiger partial charge >= 0.3 is 0 Å². The van der Waals surface area contributed by atoms with Crippen LogP contribution < -0.4 is 0 Å². The number of hydrogen-bond acceptors (Lipinski definition) is 3. The van der Waals surface area contributed by atoms with Gasteiger partial charge in [0.1, 0.15) is 6.61 Å². The molecule has 4 nitrogen and oxygen atoms in total. The lowest BCUT2D eigenvalue weighted by atomic mass is 10.1. The number of aliphatic hydroxyl groups excluding tert-OH is 1. The normalized spacial score (nSPS) is 20.9. The first kappa shape index (κ1) is 11.2. The van der Waals surface area contributed by atoms with Crippen molar-refractivity contribution in [2.45, 2.75) is 12.8 Å². The highest BCUT2D eigenvalue weighted by Gasteiger charge is 2.21. The zero-order valence-corrected chi connectivity index (χ0v) is 9.43. The Kier molecular flexibility index (Phi) is 3.62. The first-order valence-electron chi connectivity index (χ1n) is 5.81. The number of amides is 1. The summed E-state index contributed by atoms with van der Waals surface area (Å²) in [5.41, 5.74) is 1.28. The largest absolute Gasteiger partial charge is 0.387 e. The molecule has 1 amide bonds. The van der Waals surface area contributed by atoms with Crippen LogP contribution in [0.2, 0.25) is 0 Å². The molecule has 16 heavy (non-hydrogen) atoms. The second-order valence-electron chi connectivity index (χ2n) is 4.13. The number of piperazine rings is 1. The smallest absolute Gasteiger partial charge is 0.248 e. The van der Waals surface area contributed by atoms with Gasteiger partial charge in [0.25, 0.3) is 0 Å². The number of carbonyl (C=O) groups excluding carboxylic acids is 1. The third kappa shape index (κ3) is 2.44. The van der Waals surface area contributed by atoms with Gasteiger partial charge in [0.05, 0.1) is 0 Å². The molecule has 0 atom stereocenters. The van der Waals surface area contributed by atoms with E-state index < -0.39 is 0 Å². The molecule has 0 bridgehead atoms. The molecular formula is C12H18N2O2. The van der Waals surface area contributed by atoms with Gasteiger partial charge < -0.3 is 14.9 Å². The van der Waals surface area contributed by atoms with Crippen LogP contribution in [0.3, 0.4) is 0 Å². The van der Waals surface area contributed by atoms with Gasteiger partial charge in [-0.05, 0) is 18.9 Å². The van der Waals surface area contributed by atoms with Crippen molar-refractivity contribution in [2.24, 2.45) is 0 Å². The van der Waals surface area contributed by atoms with E-state index in [0.717, 1.165) is 25.9 Å². The van der Waals surface area contributed by atoms with Crippen molar-refractivity contribution in [3.05, 3.63) is 23.9 Å². The molecule has 0 aromatic rings. The summed E-state index contributed by atoms with van der Waals surface area (Å²) < 4.78 is 0. The highest BCUT2D eigenvalue weighted by molar-refractivity contribution is 5.77. The fourth-order valence-corrected chi connectivity index (χ4v) is 2.15. The Morgan fingerprint density at radius 3 is 2.56 bits per heavy atom. The predicted octanol–water partition coefficient (Wildman–Crippen LogP) is 0.357. The fourth-order valence-electron chi connectivity index (χ4n) is 2.15. The maximum Gasteiger partial charge on any atom is 0.248 e. The third-order valence-electron chi connectivity index (χ3n) is 3.11. The monoisotopic (exact) mass is 222 g/mol. The Balaban J connectivity index is 1.87. The zero-order chi connectivity index (χ0) is 11.4. The van der Waals surface area contributed by atoms with E-state index in [1.165, 1.54) is 5.70 Å². The Morgan fingerprint density at radius 2 is 2.00 bits per heavy atom. The highest BCUT2D eigenvalue weighted by Crippen LogP contribution is 2.16. The van der Waals surface area contributed by atoms with Crippen LogP contribution in [0.25, 0.3) is 0 Å². The molecule has 0 spiro atoms. The highest BCUT2D eigenvalue weighted by atomic mass is 16.3. The van der Waals surface area contributed by atoms with Gasteiger partial charge in [-0.2, -0.15) is 0 Å². The van der Waals surface area contributed by atoms with Gasteiger partial charge in [0.2, 0.25) is 5.91 Å². The Morgan fingerprint density at radius 1 is 1.25 bits per heavy atom. The molecule has 0 unspecified atom stereocenters. The van der Waals surface area contributed by atoms with Crippen LogP contribution in [-0.4, -0.2) is 53.6 Å². The molecule has 0 saturated carbocycles. The average molecular weight is 222 g/mol. The van der Waals surface area contributed by atoms with Crippen molar-refractivity contribution in [1.82, 2.24) is 9.80 Å². The van der Waals surface area contributed by atoms with E-state index in [9.17, 15) is 4.79 Å². The molecule has 88 valence electrons. The van der Waals surface area contributed by atoms with Crippen molar-refractivity contribution in [2.75, 3.05) is 32.8 Å². The van der Waals surface area contributed by atoms with Gasteiger partial charge in [0.15, 0.2) is 0 Å². The van der Waals surface area contributed by atoms with Crippen molar-refractivity contribution < 1.29 is 9.90 Å². The Bertz CT molecular complexity index is 315. The molecular weight excluding hydrogens is 204 g/mol. The zero-order valence-electron chi connectivity index (χ0n) is 9.43. The van der Waals surface area contributed by atoms with Crippen LogP contribution in [-0.2, 0) is 4.79 Å². The first-order valence-corrected chi connectivity index (χ1v) is 5.81. The van der Waals surface area contributed by atoms with Gasteiger partial charge in [-0.3, -0.25) is 4.79 Å². The lowest BCUT2D eigenvalue weighted by molar-refractivity contribution is -0.135. The summed E-state index contributed by atoms with van der Waals surface area (Å²) in [7, 11) is 0. The molecule has 1 saturated heterocycles. The van der Waals surface area contributed by atoms with Gasteiger partial charge in [-0.25, -0.2) is 0 Å². The van der Waals surface area contributed by atoms with E-state index in [4.69, 9.17) is 5.11 Å². The van der Waals surface area contributed by atoms with Gasteiger partial charge in [-0.15, -0.1) is 0 Å². The van der Waals surface area contributed by atoms with Crippen LogP contribution >= 0.6 is 0 Å². The molecule has 1 N–H and O–H groups in total. The Labute approximate surface area is 95.8 Å². The summed E-state index contributed by atoms with van der Waals surface area (Å²) >= 11 is 0. The summed E-state index contributed by atoms with van der Waals surface area (Å²) in [5, 5.41) is 8.77. The van der Waals surface area contributed by atoms with E-state index in [-0.39, 0.29) is 12.5 Å². The second-order valence-corrected chi connectivity index (χ2v) is 4.13. The molecule has 0 aromatic heterocycles. The number of carbonyl (C=O) groups is 1. The van der Waals surface area contributed by atoms with Gasteiger partial charge in [0, 0.05) is 31.9 Å². The molecule has 1 fully saturated rings. The number of aliphatic hydroxyl groups is 1. The lowest BCUT2D eigenvalue weighted by Gasteiger charge is -2.36. The van der Waals surface area contributed by atoms with Crippen molar-refractivity contribution in [3.63, 3.8) is 0 Å². The quantitative estimate of drug-likeness (QED) is 0.733. The molecule has 0 aromatic carbocycles. The van der Waals surface area contributed by atoms with E-state index in [1.54, 1.807) is 4.90 Å². The van der Waals surface area contributed by atoms with Gasteiger partial charge in [-0.1, -0.05) is 12.2 Å². The molecule has 4 heteroatoms. The van der Waals surface area contributed by atoms with Crippen molar-refractivity contribution in [1.29, 1.82) is 0 Å². The number of nitrogens with zero attached hydrogens (tertiary/aromatic N) is 2. The van der Waals surface area contributed by atoms with E-state index in [1.807, 2.05) is 0 Å². The SMILES string of the molecule is O=C(CO)N1CCN(C2=CCCC=C2)CC1. The lowest BCUT2D eigenvalue weighted by Crippen LogP contribution is -2.48. The van der Waals surface area contributed by atoms with E-state index >= 15 is 0 Å². The Hall–Kier alpha value is -1.29.